The summed E-state index contributed by atoms with van der Waals surface area (Å²) < 4.78 is 0. The van der Waals surface area contributed by atoms with Gasteiger partial charge in [0.2, 0.25) is 0 Å². The van der Waals surface area contributed by atoms with E-state index >= 15 is 0 Å². The highest BCUT2D eigenvalue weighted by Crippen LogP contribution is 2.41. The molecule has 0 saturated heterocycles. The van der Waals surface area contributed by atoms with E-state index in [9.17, 15) is 0 Å². The molecule has 0 aromatic heterocycles. The maximum Gasteiger partial charge on any atom is -0.0160 e. The lowest BCUT2D eigenvalue weighted by Crippen LogP contribution is -2.18. The van der Waals surface area contributed by atoms with Crippen LogP contribution in [0.4, 0.5) is 0 Å². The molecule has 0 aliphatic carbocycles. The Balaban J connectivity index is -0.0000000455. The van der Waals surface area contributed by atoms with Gasteiger partial charge in [-0.15, -0.1) is 0 Å². The molecule has 0 bridgehead atoms. The zero-order valence-corrected chi connectivity index (χ0v) is 63.2. The number of rotatable bonds is 39. The van der Waals surface area contributed by atoms with Crippen LogP contribution in [0.5, 0.6) is 0 Å². The summed E-state index contributed by atoms with van der Waals surface area (Å²) in [6.07, 6.45) is 30.4. The van der Waals surface area contributed by atoms with Gasteiger partial charge < -0.3 is 0 Å². The van der Waals surface area contributed by atoms with Gasteiger partial charge in [-0.3, -0.25) is 0 Å². The van der Waals surface area contributed by atoms with E-state index in [1.54, 1.807) is 0 Å². The lowest BCUT2D eigenvalue weighted by molar-refractivity contribution is 0.260. The normalized spacial score (nSPS) is 11.5. The van der Waals surface area contributed by atoms with Gasteiger partial charge in [0.05, 0.1) is 0 Å². The van der Waals surface area contributed by atoms with Crippen LogP contribution in [0.2, 0.25) is 0 Å². The lowest BCUT2D eigenvalue weighted by atomic mass is 9.73. The second-order valence-corrected chi connectivity index (χ2v) is 30.3. The molecule has 0 spiro atoms. The third-order valence-electron chi connectivity index (χ3n) is 21.8. The molecule has 0 aliphatic rings. The third-order valence-corrected chi connectivity index (χ3v) is 21.8. The Morgan fingerprint density at radius 3 is 0.694 bits per heavy atom. The second kappa shape index (κ2) is 109. The fourth-order valence-corrected chi connectivity index (χ4v) is 15.2. The molecule has 0 saturated carbocycles. The Morgan fingerprint density at radius 2 is 0.403 bits per heavy atom. The molecule has 0 N–H and O–H groups in total. The number of unbranched alkanes of at least 4 members (excludes halogenated alkanes) is 3. The van der Waals surface area contributed by atoms with Gasteiger partial charge in [-0.1, -0.05) is 611 Å². The highest BCUT2D eigenvalue weighted by atomic mass is 14.3. The van der Waals surface area contributed by atoms with E-state index in [-0.39, 0.29) is 208 Å². The van der Waals surface area contributed by atoms with E-state index in [1.807, 2.05) is 0 Å². The first kappa shape index (κ1) is 183. The van der Waals surface area contributed by atoms with Crippen LogP contribution in [0, 0.1) is 23.2 Å². The predicted octanol–water partition coefficient (Wildman–Crippen LogP) is 48.1. The highest BCUT2D eigenvalue weighted by Gasteiger charge is 2.26. The Hall–Kier alpha value is -6.24. The third kappa shape index (κ3) is 73.8. The smallest absolute Gasteiger partial charge is 0.0160 e. The van der Waals surface area contributed by atoms with Gasteiger partial charge in [0.1, 0.15) is 0 Å². The van der Waals surface area contributed by atoms with Crippen molar-refractivity contribution in [3.63, 3.8) is 0 Å². The van der Waals surface area contributed by atoms with Crippen LogP contribution in [0.25, 0.3) is 0 Å². The second-order valence-electron chi connectivity index (χ2n) is 30.3. The molecule has 0 fully saturated rings. The van der Waals surface area contributed by atoms with Crippen LogP contribution >= 0.6 is 0 Å². The molecule has 8 aromatic carbocycles. The Labute approximate surface area is 798 Å². The van der Waals surface area contributed by atoms with Crippen LogP contribution in [0.1, 0.15) is 537 Å². The summed E-state index contributed by atoms with van der Waals surface area (Å²) in [5.74, 6) is 8.09. The Kier molecular flexibility index (Phi) is 161. The van der Waals surface area contributed by atoms with Crippen molar-refractivity contribution in [2.45, 2.75) is 493 Å². The summed E-state index contributed by atoms with van der Waals surface area (Å²) in [4.78, 5) is 0. The molecule has 0 aliphatic heterocycles. The minimum atomic E-state index is 0. The molecule has 124 heavy (non-hydrogen) atoms. The van der Waals surface area contributed by atoms with Crippen molar-refractivity contribution in [3.05, 3.63) is 287 Å². The number of hydrogen-bond acceptors (Lipinski definition) is 0. The van der Waals surface area contributed by atoms with Crippen LogP contribution in [-0.4, -0.2) is 0 Å². The van der Waals surface area contributed by atoms with Crippen LogP contribution in [0.3, 0.4) is 0 Å². The molecule has 8 aromatic rings. The van der Waals surface area contributed by atoms with Crippen LogP contribution < -0.4 is 0 Å². The SMILES string of the molecule is C.C.C.C.C.C.C.C.C.C.C.C.C.C.C.C.C.C.C.C.C.C.C.C.C.C.C.C.CCC(CC(C)(C)CC(C)c1ccccc1)c1ccccc1.CCC(CCC(C)CCC(C)c1ccccc1)c1ccccc1.CCC(CCC(C)CCCCC(C)c1ccccc1)c1ccccc1.CCC(CCCCCC(CC)c1ccccc1)CC(C)c1ccccc1. The number of hydrogen-bond donors (Lipinski definition) is 0. The highest BCUT2D eigenvalue weighted by molar-refractivity contribution is 5.25. The molecule has 11 unspecified atom stereocenters. The fourth-order valence-electron chi connectivity index (χ4n) is 15.2. The molecule has 744 valence electrons. The Morgan fingerprint density at radius 1 is 0.185 bits per heavy atom. The van der Waals surface area contributed by atoms with Crippen LogP contribution in [-0.2, 0) is 0 Å². The zero-order chi connectivity index (χ0) is 69.0. The van der Waals surface area contributed by atoms with Crippen molar-refractivity contribution in [3.8, 4) is 0 Å². The van der Waals surface area contributed by atoms with Crippen molar-refractivity contribution >= 4 is 0 Å². The first-order chi connectivity index (χ1) is 46.7. The molecule has 0 heteroatoms. The summed E-state index contributed by atoms with van der Waals surface area (Å²) in [6.45, 7) is 30.9. The van der Waals surface area contributed by atoms with E-state index in [0.29, 0.717) is 35.0 Å². The summed E-state index contributed by atoms with van der Waals surface area (Å²) in [5.41, 5.74) is 12.3. The van der Waals surface area contributed by atoms with Gasteiger partial charge in [-0.25, -0.2) is 0 Å². The molecule has 0 radical (unpaired) electrons. The Bertz CT molecular complexity index is 3040. The average molecular weight is 1740 g/mol. The minimum Gasteiger partial charge on any atom is -0.0776 e. The molecule has 11 atom stereocenters. The molecule has 0 nitrogen and oxygen atoms in total. The minimum absolute atomic E-state index is 0. The van der Waals surface area contributed by atoms with E-state index in [1.165, 1.54) is 192 Å². The molecular formula is C124H248. The summed E-state index contributed by atoms with van der Waals surface area (Å²) in [5, 5.41) is 0. The topological polar surface area (TPSA) is 0 Å². The molecule has 0 heterocycles. The van der Waals surface area contributed by atoms with Crippen molar-refractivity contribution in [2.75, 3.05) is 0 Å². The predicted molar refractivity (Wildman–Crippen MR) is 615 cm³/mol. The maximum absolute atomic E-state index is 2.44. The van der Waals surface area contributed by atoms with Gasteiger partial charge in [-0.2, -0.15) is 0 Å². The number of benzene rings is 8. The first-order valence-electron chi connectivity index (χ1n) is 39.1. The van der Waals surface area contributed by atoms with Crippen molar-refractivity contribution in [1.82, 2.24) is 0 Å². The van der Waals surface area contributed by atoms with Gasteiger partial charge in [0, 0.05) is 0 Å². The summed E-state index contributed by atoms with van der Waals surface area (Å²) in [6, 6.07) is 88.0. The standard InChI is InChI=1S/C26H38.C25H36.C23H32.C22H30.28CH4/c1-4-23(21-22(3)25-17-11-7-12-18-25)15-9-6-10-16-24(5-2)26-19-13-8-14-20-26;1-4-23(25-17-9-6-10-18-25)20-19-21(2)13-11-12-14-22(3)24-15-7-5-8-16-24;1-4-21(23-13-9-6-10-14-23)18-16-19(2)15-17-20(3)22-11-7-5-8-12-22;1-5-19(21-14-10-7-11-15-21)17-22(3,4)16-18(2)20-12-8-6-9-13-20;;;;;;;;;;;;;;;;;;;;;;;;;;;;/h7-8,11-14,17-20,22-24H,4-6,9-10,15-16,21H2,1-3H3;5-10,15-18,21-23H,4,11-14,19-20H2,1-3H3;5-14,19-21H,4,15-18H2,1-3H3;6-15,18-19H,5,16-17H2,1-4H3;28*1H4. The average Bonchev–Trinajstić information content (AvgIpc) is 0.840. The van der Waals surface area contributed by atoms with Crippen molar-refractivity contribution in [2.24, 2.45) is 23.2 Å². The molecule has 0 amide bonds. The van der Waals surface area contributed by atoms with E-state index in [2.05, 4.69) is 333 Å². The van der Waals surface area contributed by atoms with E-state index in [4.69, 9.17) is 0 Å². The molecule has 8 rings (SSSR count). The van der Waals surface area contributed by atoms with Gasteiger partial charge in [-0.05, 0) is 192 Å². The monoisotopic (exact) mass is 1740 g/mol. The summed E-state index contributed by atoms with van der Waals surface area (Å²) in [7, 11) is 0. The fraction of sp³-hybridized carbons (Fsp3) is 0.613. The quantitative estimate of drug-likeness (QED) is 0.0337. The van der Waals surface area contributed by atoms with Crippen molar-refractivity contribution < 1.29 is 0 Å². The van der Waals surface area contributed by atoms with E-state index < -0.39 is 0 Å². The van der Waals surface area contributed by atoms with Crippen molar-refractivity contribution in [1.29, 1.82) is 0 Å². The first-order valence-corrected chi connectivity index (χ1v) is 39.1. The maximum atomic E-state index is 2.44. The summed E-state index contributed by atoms with van der Waals surface area (Å²) >= 11 is 0. The molecular weight excluding hydrogens is 1490 g/mol. The lowest BCUT2D eigenvalue weighted by Gasteiger charge is -2.32. The van der Waals surface area contributed by atoms with Crippen LogP contribution in [0.15, 0.2) is 243 Å². The van der Waals surface area contributed by atoms with E-state index in [0.717, 1.165) is 35.5 Å². The zero-order valence-electron chi connectivity index (χ0n) is 63.2. The van der Waals surface area contributed by atoms with Gasteiger partial charge >= 0.3 is 0 Å². The van der Waals surface area contributed by atoms with Gasteiger partial charge in [0.25, 0.3) is 0 Å². The largest absolute Gasteiger partial charge is 0.0776 e. The van der Waals surface area contributed by atoms with Gasteiger partial charge in [0.15, 0.2) is 0 Å².